The maximum Gasteiger partial charge on any atom is 0.341 e. The second-order valence-electron chi connectivity index (χ2n) is 9.03. The zero-order valence-corrected chi connectivity index (χ0v) is 21.7. The molecule has 1 aromatic carbocycles. The lowest BCUT2D eigenvalue weighted by molar-refractivity contribution is -0.116. The van der Waals surface area contributed by atoms with E-state index < -0.39 is 0 Å². The smallest absolute Gasteiger partial charge is 0.341 e. The maximum atomic E-state index is 12.6. The Hall–Kier alpha value is -1.86. The number of thiophene rings is 1. The molecule has 32 heavy (non-hydrogen) atoms. The van der Waals surface area contributed by atoms with Crippen molar-refractivity contribution in [3.8, 4) is 5.75 Å². The lowest BCUT2D eigenvalue weighted by Gasteiger charge is -2.20. The first-order valence-corrected chi connectivity index (χ1v) is 12.9. The van der Waals surface area contributed by atoms with E-state index in [1.807, 2.05) is 6.07 Å². The van der Waals surface area contributed by atoms with Gasteiger partial charge in [0.1, 0.15) is 10.8 Å². The predicted octanol–water partition coefficient (Wildman–Crippen LogP) is 6.66. The molecular weight excluding hydrogens is 490 g/mol. The van der Waals surface area contributed by atoms with Crippen molar-refractivity contribution in [2.45, 2.75) is 71.6 Å². The number of carbonyl (C=O) groups excluding carboxylic acids is 2. The van der Waals surface area contributed by atoms with E-state index in [4.69, 9.17) is 9.47 Å². The van der Waals surface area contributed by atoms with Crippen LogP contribution in [0.5, 0.6) is 5.75 Å². The number of carbonyl (C=O) groups is 2. The summed E-state index contributed by atoms with van der Waals surface area (Å²) in [5.41, 5.74) is 2.91. The topological polar surface area (TPSA) is 64.6 Å². The Labute approximate surface area is 203 Å². The summed E-state index contributed by atoms with van der Waals surface area (Å²) in [5, 5.41) is 3.58. The van der Waals surface area contributed by atoms with Crippen LogP contribution in [0.3, 0.4) is 0 Å². The highest BCUT2D eigenvalue weighted by molar-refractivity contribution is 9.10. The van der Waals surface area contributed by atoms with Gasteiger partial charge in [0.2, 0.25) is 5.91 Å². The molecule has 174 valence electrons. The van der Waals surface area contributed by atoms with Gasteiger partial charge >= 0.3 is 5.97 Å². The molecule has 3 rings (SSSR count). The minimum Gasteiger partial charge on any atom is -0.492 e. The molecule has 5 nitrogen and oxygen atoms in total. The van der Waals surface area contributed by atoms with E-state index in [0.717, 1.165) is 41.5 Å². The molecule has 0 saturated carbocycles. The van der Waals surface area contributed by atoms with Crippen LogP contribution in [0.15, 0.2) is 22.7 Å². The van der Waals surface area contributed by atoms with Gasteiger partial charge in [0.05, 0.1) is 23.2 Å². The van der Waals surface area contributed by atoms with Crippen LogP contribution in [-0.4, -0.2) is 25.1 Å². The molecule has 1 N–H and O–H groups in total. The Bertz CT molecular complexity index is 977. The Balaban J connectivity index is 1.56. The number of amides is 1. The minimum absolute atomic E-state index is 0.0720. The minimum atomic E-state index is -0.339. The second-order valence-corrected chi connectivity index (χ2v) is 11.0. The van der Waals surface area contributed by atoms with Crippen molar-refractivity contribution in [3.63, 3.8) is 0 Å². The van der Waals surface area contributed by atoms with Crippen molar-refractivity contribution in [1.29, 1.82) is 0 Å². The monoisotopic (exact) mass is 521 g/mol. The quantitative estimate of drug-likeness (QED) is 0.311. The molecule has 0 radical (unpaired) electrons. The molecular formula is C25H32BrNO4S. The van der Waals surface area contributed by atoms with Gasteiger partial charge in [-0.05, 0) is 83.6 Å². The summed E-state index contributed by atoms with van der Waals surface area (Å²) < 4.78 is 12.0. The zero-order valence-electron chi connectivity index (χ0n) is 19.3. The summed E-state index contributed by atoms with van der Waals surface area (Å²) in [4.78, 5) is 26.3. The number of aryl methyl sites for hydroxylation is 1. The van der Waals surface area contributed by atoms with Crippen LogP contribution in [0.2, 0.25) is 0 Å². The summed E-state index contributed by atoms with van der Waals surface area (Å²) in [5.74, 6) is 0.322. The third kappa shape index (κ3) is 6.13. The Morgan fingerprint density at radius 2 is 1.94 bits per heavy atom. The van der Waals surface area contributed by atoms with Crippen molar-refractivity contribution in [3.05, 3.63) is 44.2 Å². The van der Waals surface area contributed by atoms with Gasteiger partial charge < -0.3 is 14.8 Å². The molecule has 0 spiro atoms. The van der Waals surface area contributed by atoms with Crippen LogP contribution in [-0.2, 0) is 27.8 Å². The van der Waals surface area contributed by atoms with Gasteiger partial charge in [-0.3, -0.25) is 4.79 Å². The third-order valence-electron chi connectivity index (χ3n) is 5.51. The second kappa shape index (κ2) is 10.8. The fourth-order valence-corrected chi connectivity index (χ4v) is 5.55. The summed E-state index contributed by atoms with van der Waals surface area (Å²) in [6.45, 7) is 9.07. The lowest BCUT2D eigenvalue weighted by atomic mass is 9.87. The van der Waals surface area contributed by atoms with Crippen LogP contribution < -0.4 is 10.1 Å². The fourth-order valence-electron chi connectivity index (χ4n) is 3.76. The first-order valence-electron chi connectivity index (χ1n) is 11.2. The summed E-state index contributed by atoms with van der Waals surface area (Å²) >= 11 is 5.10. The SMILES string of the molecule is CCOC(=O)c1c(NC(=O)CCCOc2ccc(C(C)(C)C)cc2Br)sc2c1CCCC2. The Kier molecular flexibility index (Phi) is 8.39. The highest BCUT2D eigenvalue weighted by Crippen LogP contribution is 2.38. The van der Waals surface area contributed by atoms with E-state index in [1.54, 1.807) is 6.92 Å². The van der Waals surface area contributed by atoms with Gasteiger partial charge in [-0.25, -0.2) is 4.79 Å². The third-order valence-corrected chi connectivity index (χ3v) is 7.33. The molecule has 1 heterocycles. The summed E-state index contributed by atoms with van der Waals surface area (Å²) in [6.07, 6.45) is 4.91. The number of hydrogen-bond donors (Lipinski definition) is 1. The van der Waals surface area contributed by atoms with Crippen molar-refractivity contribution in [2.75, 3.05) is 18.5 Å². The molecule has 0 unspecified atom stereocenters. The van der Waals surface area contributed by atoms with E-state index in [2.05, 4.69) is 54.2 Å². The summed E-state index contributed by atoms with van der Waals surface area (Å²) in [7, 11) is 0. The average Bonchev–Trinajstić information content (AvgIpc) is 3.09. The van der Waals surface area contributed by atoms with Crippen LogP contribution >= 0.6 is 27.3 Å². The number of rotatable bonds is 8. The first kappa shape index (κ1) is 24.8. The van der Waals surface area contributed by atoms with E-state index in [9.17, 15) is 9.59 Å². The number of fused-ring (bicyclic) bond motifs is 1. The molecule has 1 aliphatic rings. The molecule has 0 fully saturated rings. The van der Waals surface area contributed by atoms with Crippen molar-refractivity contribution >= 4 is 44.1 Å². The number of hydrogen-bond acceptors (Lipinski definition) is 5. The van der Waals surface area contributed by atoms with Gasteiger partial charge in [-0.2, -0.15) is 0 Å². The number of benzene rings is 1. The molecule has 0 saturated heterocycles. The van der Waals surface area contributed by atoms with Crippen molar-refractivity contribution in [1.82, 2.24) is 0 Å². The van der Waals surface area contributed by atoms with Gasteiger partial charge in [-0.15, -0.1) is 11.3 Å². The number of halogens is 1. The molecule has 1 aliphatic carbocycles. The van der Waals surface area contributed by atoms with Crippen LogP contribution in [0.25, 0.3) is 0 Å². The number of nitrogens with one attached hydrogen (secondary N) is 1. The molecule has 0 bridgehead atoms. The lowest BCUT2D eigenvalue weighted by Crippen LogP contribution is -2.16. The summed E-state index contributed by atoms with van der Waals surface area (Å²) in [6, 6.07) is 6.12. The highest BCUT2D eigenvalue weighted by atomic mass is 79.9. The molecule has 7 heteroatoms. The van der Waals surface area contributed by atoms with E-state index in [-0.39, 0.29) is 17.3 Å². The largest absolute Gasteiger partial charge is 0.492 e. The van der Waals surface area contributed by atoms with Crippen LogP contribution in [0.4, 0.5) is 5.00 Å². The van der Waals surface area contributed by atoms with Gasteiger partial charge in [0, 0.05) is 11.3 Å². The molecule has 1 aromatic heterocycles. The Morgan fingerprint density at radius 1 is 1.19 bits per heavy atom. The Morgan fingerprint density at radius 3 is 2.62 bits per heavy atom. The molecule has 0 atom stereocenters. The van der Waals surface area contributed by atoms with Crippen molar-refractivity contribution in [2.24, 2.45) is 0 Å². The van der Waals surface area contributed by atoms with Gasteiger partial charge in [0.25, 0.3) is 0 Å². The van der Waals surface area contributed by atoms with Crippen LogP contribution in [0, 0.1) is 0 Å². The van der Waals surface area contributed by atoms with Gasteiger partial charge in [-0.1, -0.05) is 26.8 Å². The number of esters is 1. The first-order chi connectivity index (χ1) is 15.2. The van der Waals surface area contributed by atoms with E-state index in [1.165, 1.54) is 21.8 Å². The number of anilines is 1. The van der Waals surface area contributed by atoms with E-state index in [0.29, 0.717) is 36.6 Å². The molecule has 2 aromatic rings. The molecule has 0 aliphatic heterocycles. The van der Waals surface area contributed by atoms with Gasteiger partial charge in [0.15, 0.2) is 0 Å². The van der Waals surface area contributed by atoms with Crippen molar-refractivity contribution < 1.29 is 19.1 Å². The van der Waals surface area contributed by atoms with Crippen LogP contribution in [0.1, 0.15) is 79.7 Å². The number of ether oxygens (including phenoxy) is 2. The predicted molar refractivity (Wildman–Crippen MR) is 133 cm³/mol. The maximum absolute atomic E-state index is 12.6. The average molecular weight is 523 g/mol. The standard InChI is InChI=1S/C25H32BrNO4S/c1-5-30-24(29)22-17-9-6-7-10-20(17)32-23(22)27-21(28)11-8-14-31-19-13-12-16(15-18(19)26)25(2,3)4/h12-13,15H,5-11,14H2,1-4H3,(H,27,28). The van der Waals surface area contributed by atoms with E-state index >= 15 is 0 Å². The normalized spacial score (nSPS) is 13.4. The highest BCUT2D eigenvalue weighted by Gasteiger charge is 2.27. The fraction of sp³-hybridized carbons (Fsp3) is 0.520. The zero-order chi connectivity index (χ0) is 23.3. The molecule has 1 amide bonds.